The zero-order chi connectivity index (χ0) is 27.2. The van der Waals surface area contributed by atoms with Crippen LogP contribution in [-0.2, 0) is 35.5 Å². The highest BCUT2D eigenvalue weighted by atomic mass is 19.1. The number of halogens is 1. The molecular formula is C28H38FN3O4. The lowest BCUT2D eigenvalue weighted by atomic mass is 9.85. The van der Waals surface area contributed by atoms with E-state index in [2.05, 4.69) is 5.73 Å². The number of aliphatic hydroxyl groups is 1. The molecule has 1 unspecified atom stereocenters. The standard InChI is InChI=1S/C23H21FN2O4.2C2H6.CH5N/c1-11-13-4-3-5-14-16-8-26-20(22(16)25-19(21(13)14)7-18(11)24)6-15(12(2)28)17(23(26)29)9-30-10-27;3*1-2/h6-7,10,12,28H,3-5,8-9H2,1-2H3;2*1-2H3;2H2,1H3. The SMILES string of the molecule is CC.CC.CN.Cc1c(F)cc2nc3c(c4c2c1CCC4)Cn1c-3cc(C(C)O)c(COC=O)c1=O. The van der Waals surface area contributed by atoms with Gasteiger partial charge in [-0.3, -0.25) is 9.59 Å². The van der Waals surface area contributed by atoms with E-state index >= 15 is 0 Å². The molecule has 0 spiro atoms. The van der Waals surface area contributed by atoms with Crippen LogP contribution in [0.3, 0.4) is 0 Å². The third-order valence-corrected chi connectivity index (χ3v) is 6.41. The van der Waals surface area contributed by atoms with Gasteiger partial charge in [-0.2, -0.15) is 0 Å². The van der Waals surface area contributed by atoms with Crippen molar-refractivity contribution in [3.8, 4) is 11.4 Å². The summed E-state index contributed by atoms with van der Waals surface area (Å²) in [7, 11) is 1.50. The van der Waals surface area contributed by atoms with Crippen molar-refractivity contribution in [2.45, 2.75) is 80.1 Å². The van der Waals surface area contributed by atoms with Crippen LogP contribution in [0.5, 0.6) is 0 Å². The van der Waals surface area contributed by atoms with Gasteiger partial charge in [-0.15, -0.1) is 0 Å². The van der Waals surface area contributed by atoms with Gasteiger partial charge >= 0.3 is 0 Å². The van der Waals surface area contributed by atoms with Crippen molar-refractivity contribution >= 4 is 17.4 Å². The van der Waals surface area contributed by atoms with Crippen LogP contribution < -0.4 is 11.3 Å². The second-order valence-corrected chi connectivity index (χ2v) is 8.07. The van der Waals surface area contributed by atoms with Gasteiger partial charge in [0.1, 0.15) is 12.4 Å². The number of hydrogen-bond donors (Lipinski definition) is 2. The minimum Gasteiger partial charge on any atom is -0.463 e. The minimum atomic E-state index is -0.914. The Bertz CT molecular complexity index is 1300. The quantitative estimate of drug-likeness (QED) is 0.394. The van der Waals surface area contributed by atoms with Crippen LogP contribution in [0, 0.1) is 12.7 Å². The topological polar surface area (TPSA) is 107 Å². The Morgan fingerprint density at radius 3 is 2.42 bits per heavy atom. The summed E-state index contributed by atoms with van der Waals surface area (Å²) in [4.78, 5) is 28.6. The predicted octanol–water partition coefficient (Wildman–Crippen LogP) is 4.72. The summed E-state index contributed by atoms with van der Waals surface area (Å²) in [6.07, 6.45) is 1.68. The van der Waals surface area contributed by atoms with Crippen LogP contribution in [-0.4, -0.2) is 28.2 Å². The minimum absolute atomic E-state index is 0.198. The van der Waals surface area contributed by atoms with E-state index in [0.717, 1.165) is 41.3 Å². The zero-order valence-electron chi connectivity index (χ0n) is 22.4. The van der Waals surface area contributed by atoms with E-state index < -0.39 is 6.10 Å². The molecule has 0 fully saturated rings. The fourth-order valence-electron chi connectivity index (χ4n) is 4.96. The number of benzene rings is 1. The molecule has 8 heteroatoms. The smallest absolute Gasteiger partial charge is 0.293 e. The number of carbonyl (C=O) groups excluding carboxylic acids is 1. The molecule has 196 valence electrons. The van der Waals surface area contributed by atoms with E-state index in [9.17, 15) is 19.1 Å². The largest absolute Gasteiger partial charge is 0.463 e. The number of ether oxygens (including phenoxy) is 1. The third-order valence-electron chi connectivity index (χ3n) is 6.41. The highest BCUT2D eigenvalue weighted by molar-refractivity contribution is 5.92. The molecule has 36 heavy (non-hydrogen) atoms. The van der Waals surface area contributed by atoms with Crippen LogP contribution in [0.15, 0.2) is 16.9 Å². The van der Waals surface area contributed by atoms with E-state index in [-0.39, 0.29) is 30.0 Å². The molecule has 5 rings (SSSR count). The zero-order valence-corrected chi connectivity index (χ0v) is 22.4. The molecule has 3 heterocycles. The number of fused-ring (bicyclic) bond motifs is 4. The lowest BCUT2D eigenvalue weighted by Gasteiger charge is -2.21. The number of pyridine rings is 2. The van der Waals surface area contributed by atoms with Gasteiger partial charge in [-0.25, -0.2) is 9.37 Å². The van der Waals surface area contributed by atoms with Gasteiger partial charge in [-0.1, -0.05) is 27.7 Å². The Kier molecular flexibility index (Phi) is 10.3. The lowest BCUT2D eigenvalue weighted by Crippen LogP contribution is -2.26. The molecule has 1 aliphatic carbocycles. The van der Waals surface area contributed by atoms with Gasteiger partial charge in [0.25, 0.3) is 12.0 Å². The number of rotatable bonds is 4. The number of nitrogens with zero attached hydrogens (tertiary/aromatic N) is 2. The monoisotopic (exact) mass is 499 g/mol. The summed E-state index contributed by atoms with van der Waals surface area (Å²) < 4.78 is 21.0. The van der Waals surface area contributed by atoms with E-state index in [4.69, 9.17) is 9.72 Å². The van der Waals surface area contributed by atoms with Gasteiger partial charge < -0.3 is 20.1 Å². The van der Waals surface area contributed by atoms with E-state index in [0.29, 0.717) is 34.6 Å². The second-order valence-electron chi connectivity index (χ2n) is 8.07. The van der Waals surface area contributed by atoms with Crippen molar-refractivity contribution in [3.05, 3.63) is 61.7 Å². The summed E-state index contributed by atoms with van der Waals surface area (Å²) in [6, 6.07) is 3.22. The molecule has 2 aliphatic rings. The average molecular weight is 500 g/mol. The summed E-state index contributed by atoms with van der Waals surface area (Å²) >= 11 is 0. The van der Waals surface area contributed by atoms with Crippen molar-refractivity contribution < 1.29 is 19.0 Å². The van der Waals surface area contributed by atoms with Crippen molar-refractivity contribution in [2.24, 2.45) is 5.73 Å². The molecule has 0 amide bonds. The number of aromatic nitrogens is 2. The van der Waals surface area contributed by atoms with E-state index in [1.807, 2.05) is 27.7 Å². The molecule has 0 saturated heterocycles. The average Bonchev–Trinajstić information content (AvgIpc) is 3.29. The van der Waals surface area contributed by atoms with Gasteiger partial charge in [-0.05, 0) is 68.5 Å². The van der Waals surface area contributed by atoms with Crippen LogP contribution in [0.25, 0.3) is 22.3 Å². The van der Waals surface area contributed by atoms with Gasteiger partial charge in [0, 0.05) is 17.0 Å². The number of aryl methyl sites for hydroxylation is 2. The van der Waals surface area contributed by atoms with E-state index in [1.165, 1.54) is 13.1 Å². The molecule has 3 aromatic rings. The number of hydrogen-bond acceptors (Lipinski definition) is 6. The molecule has 3 N–H and O–H groups in total. The van der Waals surface area contributed by atoms with Crippen molar-refractivity contribution in [2.75, 3.05) is 7.05 Å². The summed E-state index contributed by atoms with van der Waals surface area (Å²) in [5.41, 5.74) is 10.5. The summed E-state index contributed by atoms with van der Waals surface area (Å²) in [6.45, 7) is 11.8. The first-order valence-electron chi connectivity index (χ1n) is 12.6. The van der Waals surface area contributed by atoms with Gasteiger partial charge in [0.05, 0.1) is 35.1 Å². The Hall–Kier alpha value is -3.10. The summed E-state index contributed by atoms with van der Waals surface area (Å²) in [5.74, 6) is -0.265. The molecule has 7 nitrogen and oxygen atoms in total. The van der Waals surface area contributed by atoms with Crippen LogP contribution >= 0.6 is 0 Å². The first-order valence-corrected chi connectivity index (χ1v) is 12.6. The van der Waals surface area contributed by atoms with Gasteiger partial charge in [0.15, 0.2) is 0 Å². The van der Waals surface area contributed by atoms with Gasteiger partial charge in [0.2, 0.25) is 0 Å². The normalized spacial score (nSPS) is 13.1. The summed E-state index contributed by atoms with van der Waals surface area (Å²) in [5, 5.41) is 11.2. The molecule has 0 bridgehead atoms. The molecule has 1 aliphatic heterocycles. The highest BCUT2D eigenvalue weighted by Gasteiger charge is 2.31. The maximum atomic E-state index is 14.5. The first-order chi connectivity index (χ1) is 17.4. The molecule has 1 atom stereocenters. The number of nitrogens with two attached hydrogens (primary N) is 1. The number of carbonyl (C=O) groups is 1. The molecule has 0 radical (unpaired) electrons. The Balaban J connectivity index is 0.000000710. The maximum Gasteiger partial charge on any atom is 0.293 e. The van der Waals surface area contributed by atoms with Crippen molar-refractivity contribution in [3.63, 3.8) is 0 Å². The van der Waals surface area contributed by atoms with Crippen LogP contribution in [0.4, 0.5) is 4.39 Å². The molecule has 1 aromatic carbocycles. The molecule has 0 saturated carbocycles. The highest BCUT2D eigenvalue weighted by Crippen LogP contribution is 2.41. The Labute approximate surface area is 212 Å². The predicted molar refractivity (Wildman–Crippen MR) is 142 cm³/mol. The Morgan fingerprint density at radius 1 is 1.17 bits per heavy atom. The number of aliphatic hydroxyl groups excluding tert-OH is 1. The van der Waals surface area contributed by atoms with Crippen LogP contribution in [0.1, 0.15) is 80.5 Å². The van der Waals surface area contributed by atoms with Crippen molar-refractivity contribution in [1.29, 1.82) is 0 Å². The third kappa shape index (κ3) is 4.92. The van der Waals surface area contributed by atoms with Crippen molar-refractivity contribution in [1.82, 2.24) is 9.55 Å². The Morgan fingerprint density at radius 2 is 1.81 bits per heavy atom. The maximum absolute atomic E-state index is 14.5. The van der Waals surface area contributed by atoms with E-state index in [1.54, 1.807) is 24.5 Å². The molecular weight excluding hydrogens is 461 g/mol. The first kappa shape index (κ1) is 29.1. The van der Waals surface area contributed by atoms with Crippen LogP contribution in [0.2, 0.25) is 0 Å². The molecule has 2 aromatic heterocycles. The lowest BCUT2D eigenvalue weighted by molar-refractivity contribution is -0.129. The fourth-order valence-corrected chi connectivity index (χ4v) is 4.96. The second kappa shape index (κ2) is 12.7. The fraction of sp³-hybridized carbons (Fsp3) is 0.464.